The summed E-state index contributed by atoms with van der Waals surface area (Å²) in [6, 6.07) is 22.0. The van der Waals surface area contributed by atoms with Gasteiger partial charge in [0.1, 0.15) is 17.2 Å². The van der Waals surface area contributed by atoms with Crippen LogP contribution in [0, 0.1) is 0 Å². The predicted molar refractivity (Wildman–Crippen MR) is 118 cm³/mol. The molecule has 0 radical (unpaired) electrons. The average Bonchev–Trinajstić information content (AvgIpc) is 2.76. The Balaban J connectivity index is 1.57. The van der Waals surface area contributed by atoms with Gasteiger partial charge in [0, 0.05) is 12.1 Å². The number of hydrazine groups is 1. The number of amides is 1. The summed E-state index contributed by atoms with van der Waals surface area (Å²) in [4.78, 5) is 11.4. The Hall–Kier alpha value is -2.90. The summed E-state index contributed by atoms with van der Waals surface area (Å²) in [6.07, 6.45) is 1.76. The monoisotopic (exact) mass is 452 g/mol. The van der Waals surface area contributed by atoms with E-state index < -0.39 is 0 Å². The van der Waals surface area contributed by atoms with Crippen LogP contribution < -0.4 is 21.0 Å². The Morgan fingerprint density at radius 2 is 1.90 bits per heavy atom. The van der Waals surface area contributed by atoms with E-state index in [0.717, 1.165) is 27.6 Å². The van der Waals surface area contributed by atoms with Gasteiger partial charge in [0.25, 0.3) is 0 Å². The molecule has 29 heavy (non-hydrogen) atoms. The maximum atomic E-state index is 11.8. The molecule has 148 valence electrons. The summed E-state index contributed by atoms with van der Waals surface area (Å²) in [5.74, 6) is 0.633. The van der Waals surface area contributed by atoms with Crippen LogP contribution in [0.15, 0.2) is 71.8 Å². The molecule has 3 aromatic carbocycles. The molecule has 1 fully saturated rings. The lowest BCUT2D eigenvalue weighted by Gasteiger charge is -2.27. The molecular formula is C22H21BrN4O2. The highest BCUT2D eigenvalue weighted by molar-refractivity contribution is 9.10. The van der Waals surface area contributed by atoms with Gasteiger partial charge in [-0.05, 0) is 22.4 Å². The Bertz CT molecular complexity index is 1030. The van der Waals surface area contributed by atoms with Crippen molar-refractivity contribution < 1.29 is 9.53 Å². The number of benzene rings is 3. The summed E-state index contributed by atoms with van der Waals surface area (Å²) in [5.41, 5.74) is 10.5. The van der Waals surface area contributed by atoms with Crippen molar-refractivity contribution in [2.24, 2.45) is 5.10 Å². The van der Waals surface area contributed by atoms with Crippen LogP contribution in [0.2, 0.25) is 0 Å². The molecule has 1 amide bonds. The number of fused-ring (bicyclic) bond motifs is 1. The maximum Gasteiger partial charge on any atom is 0.250 e. The molecule has 1 aliphatic heterocycles. The fraction of sp³-hybridized carbons (Fsp3) is 0.182. The number of halogens is 1. The van der Waals surface area contributed by atoms with Crippen LogP contribution in [-0.4, -0.2) is 29.5 Å². The van der Waals surface area contributed by atoms with Crippen molar-refractivity contribution >= 4 is 38.8 Å². The SMILES string of the molecule is O=C1NNCC(N/N=C\c2c(OCc3ccccc3)ccc3ccccc23)C1Br. The topological polar surface area (TPSA) is 74.8 Å². The van der Waals surface area contributed by atoms with Gasteiger partial charge in [-0.1, -0.05) is 76.6 Å². The van der Waals surface area contributed by atoms with Crippen molar-refractivity contribution in [1.29, 1.82) is 0 Å². The van der Waals surface area contributed by atoms with Crippen LogP contribution in [0.4, 0.5) is 0 Å². The van der Waals surface area contributed by atoms with Gasteiger partial charge >= 0.3 is 0 Å². The maximum absolute atomic E-state index is 11.8. The van der Waals surface area contributed by atoms with Crippen molar-refractivity contribution in [2.45, 2.75) is 17.5 Å². The minimum absolute atomic E-state index is 0.124. The smallest absolute Gasteiger partial charge is 0.250 e. The van der Waals surface area contributed by atoms with Crippen LogP contribution in [0.25, 0.3) is 10.8 Å². The van der Waals surface area contributed by atoms with Gasteiger partial charge in [0.15, 0.2) is 0 Å². The lowest BCUT2D eigenvalue weighted by atomic mass is 10.0. The van der Waals surface area contributed by atoms with E-state index >= 15 is 0 Å². The summed E-state index contributed by atoms with van der Waals surface area (Å²) < 4.78 is 6.11. The third-order valence-corrected chi connectivity index (χ3v) is 5.79. The number of rotatable bonds is 6. The molecular weight excluding hydrogens is 432 g/mol. The number of hydrogen-bond acceptors (Lipinski definition) is 5. The van der Waals surface area contributed by atoms with Gasteiger partial charge in [-0.2, -0.15) is 5.10 Å². The van der Waals surface area contributed by atoms with E-state index in [1.165, 1.54) is 0 Å². The summed E-state index contributed by atoms with van der Waals surface area (Å²) >= 11 is 3.40. The molecule has 0 saturated carbocycles. The molecule has 4 rings (SSSR count). The van der Waals surface area contributed by atoms with Gasteiger partial charge in [0.05, 0.1) is 12.3 Å². The summed E-state index contributed by atoms with van der Waals surface area (Å²) in [6.45, 7) is 1.04. The van der Waals surface area contributed by atoms with E-state index in [9.17, 15) is 4.79 Å². The second-order valence-corrected chi connectivity index (χ2v) is 7.72. The van der Waals surface area contributed by atoms with E-state index in [-0.39, 0.29) is 16.8 Å². The third-order valence-electron chi connectivity index (χ3n) is 4.74. The first kappa shape index (κ1) is 19.4. The molecule has 0 bridgehead atoms. The quantitative estimate of drug-likeness (QED) is 0.305. The number of carbonyl (C=O) groups is 1. The van der Waals surface area contributed by atoms with Gasteiger partial charge in [-0.3, -0.25) is 10.2 Å². The third kappa shape index (κ3) is 4.58. The highest BCUT2D eigenvalue weighted by Gasteiger charge is 2.29. The normalized spacial score (nSPS) is 19.3. The average molecular weight is 453 g/mol. The Morgan fingerprint density at radius 3 is 2.76 bits per heavy atom. The van der Waals surface area contributed by atoms with Crippen LogP contribution in [0.3, 0.4) is 0 Å². The van der Waals surface area contributed by atoms with Crippen LogP contribution in [-0.2, 0) is 11.4 Å². The predicted octanol–water partition coefficient (Wildman–Crippen LogP) is 3.11. The highest BCUT2D eigenvalue weighted by atomic mass is 79.9. The molecule has 6 nitrogen and oxygen atoms in total. The molecule has 1 saturated heterocycles. The fourth-order valence-corrected chi connectivity index (χ4v) is 3.60. The molecule has 0 aromatic heterocycles. The molecule has 2 unspecified atom stereocenters. The zero-order valence-corrected chi connectivity index (χ0v) is 17.2. The Morgan fingerprint density at radius 1 is 1.10 bits per heavy atom. The molecule has 2 atom stereocenters. The first-order valence-electron chi connectivity index (χ1n) is 9.36. The largest absolute Gasteiger partial charge is 0.488 e. The number of nitrogens with one attached hydrogen (secondary N) is 3. The molecule has 0 spiro atoms. The lowest BCUT2D eigenvalue weighted by Crippen LogP contribution is -2.59. The van der Waals surface area contributed by atoms with E-state index in [2.05, 4.69) is 49.4 Å². The van der Waals surface area contributed by atoms with Crippen LogP contribution >= 0.6 is 15.9 Å². The highest BCUT2D eigenvalue weighted by Crippen LogP contribution is 2.27. The number of alkyl halides is 1. The van der Waals surface area contributed by atoms with Crippen molar-refractivity contribution in [2.75, 3.05) is 6.54 Å². The van der Waals surface area contributed by atoms with Gasteiger partial charge in [-0.25, -0.2) is 5.43 Å². The number of carbonyl (C=O) groups excluding carboxylic acids is 1. The Kier molecular flexibility index (Phi) is 6.07. The molecule has 1 aliphatic rings. The second-order valence-electron chi connectivity index (χ2n) is 6.74. The standard InChI is InChI=1S/C22H21BrN4O2/c23-21-19(13-25-27-22(21)28)26-24-12-18-17-9-5-4-8-16(17)10-11-20(18)29-14-15-6-2-1-3-7-15/h1-12,19,21,25-26H,13-14H2,(H,27,28)/b24-12-. The first-order valence-corrected chi connectivity index (χ1v) is 10.3. The zero-order chi connectivity index (χ0) is 20.1. The summed E-state index contributed by atoms with van der Waals surface area (Å²) in [7, 11) is 0. The van der Waals surface area contributed by atoms with Crippen molar-refractivity contribution in [3.8, 4) is 5.75 Å². The van der Waals surface area contributed by atoms with Crippen LogP contribution in [0.1, 0.15) is 11.1 Å². The van der Waals surface area contributed by atoms with E-state index in [1.54, 1.807) is 6.21 Å². The zero-order valence-electron chi connectivity index (χ0n) is 15.6. The Labute approximate surface area is 177 Å². The van der Waals surface area contributed by atoms with Gasteiger partial charge < -0.3 is 10.2 Å². The van der Waals surface area contributed by atoms with Crippen molar-refractivity contribution in [1.82, 2.24) is 16.3 Å². The van der Waals surface area contributed by atoms with E-state index in [1.807, 2.05) is 54.6 Å². The molecule has 3 N–H and O–H groups in total. The lowest BCUT2D eigenvalue weighted by molar-refractivity contribution is -0.123. The van der Waals surface area contributed by atoms with E-state index in [0.29, 0.717) is 13.2 Å². The number of nitrogens with zero attached hydrogens (tertiary/aromatic N) is 1. The van der Waals surface area contributed by atoms with Crippen molar-refractivity contribution in [3.63, 3.8) is 0 Å². The van der Waals surface area contributed by atoms with Crippen molar-refractivity contribution in [3.05, 3.63) is 77.9 Å². The molecule has 7 heteroatoms. The molecule has 3 aromatic rings. The molecule has 0 aliphatic carbocycles. The summed E-state index contributed by atoms with van der Waals surface area (Å²) in [5, 5.41) is 6.57. The van der Waals surface area contributed by atoms with Gasteiger partial charge in [0.2, 0.25) is 5.91 Å². The second kappa shape index (κ2) is 9.07. The van der Waals surface area contributed by atoms with Gasteiger partial charge in [-0.15, -0.1) is 0 Å². The number of hydrazone groups is 1. The minimum atomic E-state index is -0.359. The fourth-order valence-electron chi connectivity index (χ4n) is 3.18. The first-order chi connectivity index (χ1) is 14.2. The van der Waals surface area contributed by atoms with E-state index in [4.69, 9.17) is 4.74 Å². The molecule has 1 heterocycles. The number of ether oxygens (including phenoxy) is 1. The minimum Gasteiger partial charge on any atom is -0.488 e. The number of hydrogen-bond donors (Lipinski definition) is 3. The van der Waals surface area contributed by atoms with Crippen LogP contribution in [0.5, 0.6) is 5.75 Å².